The summed E-state index contributed by atoms with van der Waals surface area (Å²) < 4.78 is 27.6. The Balaban J connectivity index is 1.40. The largest absolute Gasteiger partial charge is 0.356 e. The van der Waals surface area contributed by atoms with Crippen LogP contribution in [0, 0.1) is 0 Å². The first-order valence-corrected chi connectivity index (χ1v) is 11.9. The number of amides is 1. The van der Waals surface area contributed by atoms with E-state index in [0.717, 1.165) is 17.5 Å². The Labute approximate surface area is 184 Å². The molecule has 2 N–H and O–H groups in total. The minimum absolute atomic E-state index is 0.00444. The van der Waals surface area contributed by atoms with Gasteiger partial charge in [-0.3, -0.25) is 4.79 Å². The highest BCUT2D eigenvalue weighted by Crippen LogP contribution is 2.12. The third-order valence-corrected chi connectivity index (χ3v) is 6.48. The van der Waals surface area contributed by atoms with Crippen molar-refractivity contribution in [2.45, 2.75) is 30.6 Å². The van der Waals surface area contributed by atoms with E-state index in [4.69, 9.17) is 0 Å². The monoisotopic (exact) mass is 436 g/mol. The third kappa shape index (κ3) is 7.66. The first-order valence-electron chi connectivity index (χ1n) is 10.5. The van der Waals surface area contributed by atoms with Gasteiger partial charge in [-0.05, 0) is 48.1 Å². The number of hydrogen-bond donors (Lipinski definition) is 2. The Morgan fingerprint density at radius 2 is 1.16 bits per heavy atom. The zero-order valence-electron chi connectivity index (χ0n) is 17.5. The molecule has 0 saturated heterocycles. The molecule has 0 spiro atoms. The Hall–Kier alpha value is -2.96. The summed E-state index contributed by atoms with van der Waals surface area (Å²) in [4.78, 5) is 12.3. The summed E-state index contributed by atoms with van der Waals surface area (Å²) in [7, 11) is -3.55. The van der Waals surface area contributed by atoms with Crippen LogP contribution >= 0.6 is 0 Å². The second-order valence-electron chi connectivity index (χ2n) is 7.36. The number of benzene rings is 3. The molecule has 0 fully saturated rings. The quantitative estimate of drug-likeness (QED) is 0.483. The molecule has 0 aromatic heterocycles. The SMILES string of the molecule is O=C(CCc1ccc(S(=O)(=O)NCCc2ccccc2)cc1)NCCc1ccccc1. The molecule has 0 heterocycles. The van der Waals surface area contributed by atoms with Crippen LogP contribution in [0.3, 0.4) is 0 Å². The molecule has 3 rings (SSSR count). The maximum Gasteiger partial charge on any atom is 0.240 e. The highest BCUT2D eigenvalue weighted by atomic mass is 32.2. The summed E-state index contributed by atoms with van der Waals surface area (Å²) in [5.74, 6) is -0.00444. The molecule has 162 valence electrons. The van der Waals surface area contributed by atoms with Gasteiger partial charge in [0.25, 0.3) is 0 Å². The number of hydrogen-bond acceptors (Lipinski definition) is 3. The van der Waals surface area contributed by atoms with E-state index in [9.17, 15) is 13.2 Å². The van der Waals surface area contributed by atoms with Crippen molar-refractivity contribution in [2.75, 3.05) is 13.1 Å². The fourth-order valence-electron chi connectivity index (χ4n) is 3.23. The average Bonchev–Trinajstić information content (AvgIpc) is 2.79. The second kappa shape index (κ2) is 11.4. The molecule has 0 aliphatic rings. The standard InChI is InChI=1S/C25H28N2O3S/c28-25(26-19-17-21-7-3-1-4-8-21)16-13-23-11-14-24(15-12-23)31(29,30)27-20-18-22-9-5-2-6-10-22/h1-12,14-15,27H,13,16-20H2,(H,26,28). The van der Waals surface area contributed by atoms with E-state index < -0.39 is 10.0 Å². The van der Waals surface area contributed by atoms with E-state index in [0.29, 0.717) is 32.4 Å². The number of aryl methyl sites for hydroxylation is 1. The molecule has 3 aromatic rings. The van der Waals surface area contributed by atoms with Crippen LogP contribution in [-0.4, -0.2) is 27.4 Å². The van der Waals surface area contributed by atoms with Gasteiger partial charge in [0.1, 0.15) is 0 Å². The predicted molar refractivity (Wildman–Crippen MR) is 123 cm³/mol. The van der Waals surface area contributed by atoms with E-state index in [1.165, 1.54) is 5.56 Å². The van der Waals surface area contributed by atoms with E-state index >= 15 is 0 Å². The van der Waals surface area contributed by atoms with Crippen molar-refractivity contribution in [1.29, 1.82) is 0 Å². The zero-order valence-corrected chi connectivity index (χ0v) is 18.3. The second-order valence-corrected chi connectivity index (χ2v) is 9.13. The van der Waals surface area contributed by atoms with Crippen LogP contribution < -0.4 is 10.0 Å². The zero-order chi connectivity index (χ0) is 21.9. The molecular formula is C25H28N2O3S. The predicted octanol–water partition coefficient (Wildman–Crippen LogP) is 3.50. The highest BCUT2D eigenvalue weighted by Gasteiger charge is 2.13. The third-order valence-electron chi connectivity index (χ3n) is 5.00. The van der Waals surface area contributed by atoms with Crippen LogP contribution in [-0.2, 0) is 34.1 Å². The van der Waals surface area contributed by atoms with E-state index in [1.54, 1.807) is 24.3 Å². The van der Waals surface area contributed by atoms with Gasteiger partial charge in [0.05, 0.1) is 4.90 Å². The number of nitrogens with one attached hydrogen (secondary N) is 2. The van der Waals surface area contributed by atoms with Gasteiger partial charge in [-0.2, -0.15) is 0 Å². The normalized spacial score (nSPS) is 11.2. The Morgan fingerprint density at radius 3 is 1.74 bits per heavy atom. The lowest BCUT2D eigenvalue weighted by Crippen LogP contribution is -2.26. The Kier molecular flexibility index (Phi) is 8.38. The maximum atomic E-state index is 12.5. The van der Waals surface area contributed by atoms with Crippen LogP contribution in [0.2, 0.25) is 0 Å². The van der Waals surface area contributed by atoms with Gasteiger partial charge in [-0.25, -0.2) is 13.1 Å². The van der Waals surface area contributed by atoms with Crippen molar-refractivity contribution in [3.8, 4) is 0 Å². The summed E-state index contributed by atoms with van der Waals surface area (Å²) in [6.07, 6.45) is 2.38. The van der Waals surface area contributed by atoms with Crippen molar-refractivity contribution < 1.29 is 13.2 Å². The molecule has 5 nitrogen and oxygen atoms in total. The summed E-state index contributed by atoms with van der Waals surface area (Å²) in [6, 6.07) is 26.5. The van der Waals surface area contributed by atoms with Gasteiger partial charge in [0, 0.05) is 19.5 Å². The van der Waals surface area contributed by atoms with Crippen molar-refractivity contribution >= 4 is 15.9 Å². The maximum absolute atomic E-state index is 12.5. The van der Waals surface area contributed by atoms with Crippen molar-refractivity contribution in [1.82, 2.24) is 10.0 Å². The minimum Gasteiger partial charge on any atom is -0.356 e. The number of sulfonamides is 1. The molecule has 3 aromatic carbocycles. The lowest BCUT2D eigenvalue weighted by Gasteiger charge is -2.08. The Bertz CT molecular complexity index is 1050. The van der Waals surface area contributed by atoms with Crippen LogP contribution in [0.25, 0.3) is 0 Å². The summed E-state index contributed by atoms with van der Waals surface area (Å²) in [5.41, 5.74) is 3.21. The lowest BCUT2D eigenvalue weighted by atomic mass is 10.1. The highest BCUT2D eigenvalue weighted by molar-refractivity contribution is 7.89. The molecule has 0 aliphatic heterocycles. The smallest absolute Gasteiger partial charge is 0.240 e. The van der Waals surface area contributed by atoms with E-state index in [-0.39, 0.29) is 10.8 Å². The van der Waals surface area contributed by atoms with Crippen molar-refractivity contribution in [2.24, 2.45) is 0 Å². The van der Waals surface area contributed by atoms with Gasteiger partial charge < -0.3 is 5.32 Å². The summed E-state index contributed by atoms with van der Waals surface area (Å²) in [5, 5.41) is 2.93. The fourth-order valence-corrected chi connectivity index (χ4v) is 4.26. The molecule has 0 atom stereocenters. The number of rotatable bonds is 11. The lowest BCUT2D eigenvalue weighted by molar-refractivity contribution is -0.121. The van der Waals surface area contributed by atoms with Crippen LogP contribution in [0.1, 0.15) is 23.1 Å². The van der Waals surface area contributed by atoms with Gasteiger partial charge in [0.15, 0.2) is 0 Å². The van der Waals surface area contributed by atoms with Gasteiger partial charge in [-0.15, -0.1) is 0 Å². The molecule has 0 radical (unpaired) electrons. The van der Waals surface area contributed by atoms with Crippen LogP contribution in [0.4, 0.5) is 0 Å². The molecule has 0 unspecified atom stereocenters. The summed E-state index contributed by atoms with van der Waals surface area (Å²) in [6.45, 7) is 0.950. The minimum atomic E-state index is -3.55. The molecule has 31 heavy (non-hydrogen) atoms. The van der Waals surface area contributed by atoms with E-state index in [1.807, 2.05) is 60.7 Å². The molecule has 6 heteroatoms. The number of carbonyl (C=O) groups is 1. The van der Waals surface area contributed by atoms with Gasteiger partial charge >= 0.3 is 0 Å². The number of carbonyl (C=O) groups excluding carboxylic acids is 1. The summed E-state index contributed by atoms with van der Waals surface area (Å²) >= 11 is 0. The Morgan fingerprint density at radius 1 is 0.645 bits per heavy atom. The first-order chi connectivity index (χ1) is 15.0. The van der Waals surface area contributed by atoms with Crippen molar-refractivity contribution in [3.05, 3.63) is 102 Å². The van der Waals surface area contributed by atoms with Gasteiger partial charge in [-0.1, -0.05) is 72.8 Å². The molecule has 0 saturated carbocycles. The van der Waals surface area contributed by atoms with Gasteiger partial charge in [0.2, 0.25) is 15.9 Å². The first kappa shape index (κ1) is 22.7. The molecule has 0 bridgehead atoms. The molecule has 1 amide bonds. The fraction of sp³-hybridized carbons (Fsp3) is 0.240. The topological polar surface area (TPSA) is 75.3 Å². The molecular weight excluding hydrogens is 408 g/mol. The average molecular weight is 437 g/mol. The van der Waals surface area contributed by atoms with Crippen LogP contribution in [0.15, 0.2) is 89.8 Å². The van der Waals surface area contributed by atoms with Crippen LogP contribution in [0.5, 0.6) is 0 Å². The molecule has 0 aliphatic carbocycles. The van der Waals surface area contributed by atoms with Crippen molar-refractivity contribution in [3.63, 3.8) is 0 Å². The van der Waals surface area contributed by atoms with E-state index in [2.05, 4.69) is 10.0 Å².